The van der Waals surface area contributed by atoms with Crippen molar-refractivity contribution in [3.05, 3.63) is 23.8 Å². The molecule has 1 unspecified atom stereocenters. The molecule has 2 N–H and O–H groups in total. The molecule has 0 saturated carbocycles. The van der Waals surface area contributed by atoms with Crippen molar-refractivity contribution in [1.29, 1.82) is 0 Å². The molecular weight excluding hydrogens is 214 g/mol. The van der Waals surface area contributed by atoms with Gasteiger partial charge in [0.2, 0.25) is 0 Å². The second-order valence-corrected chi connectivity index (χ2v) is 4.25. The highest BCUT2D eigenvalue weighted by Gasteiger charge is 2.15. The first-order chi connectivity index (χ1) is 8.13. The summed E-state index contributed by atoms with van der Waals surface area (Å²) in [5, 5.41) is 0. The minimum Gasteiger partial charge on any atom is -0.493 e. The third kappa shape index (κ3) is 3.37. The molecule has 0 aliphatic heterocycles. The second-order valence-electron chi connectivity index (χ2n) is 4.25. The maximum absolute atomic E-state index is 6.20. The number of benzene rings is 1. The van der Waals surface area contributed by atoms with Crippen LogP contribution >= 0.6 is 0 Å². The van der Waals surface area contributed by atoms with Gasteiger partial charge in [0.15, 0.2) is 11.5 Å². The van der Waals surface area contributed by atoms with E-state index in [0.29, 0.717) is 12.5 Å². The highest BCUT2D eigenvalue weighted by Crippen LogP contribution is 2.32. The fraction of sp³-hybridized carbons (Fsp3) is 0.571. The van der Waals surface area contributed by atoms with Crippen molar-refractivity contribution in [3.8, 4) is 11.5 Å². The summed E-state index contributed by atoms with van der Waals surface area (Å²) >= 11 is 0. The molecule has 1 aromatic rings. The van der Waals surface area contributed by atoms with Crippen LogP contribution in [-0.2, 0) is 0 Å². The van der Waals surface area contributed by atoms with E-state index in [0.717, 1.165) is 23.5 Å². The number of nitrogens with two attached hydrogens (primary N) is 1. The minimum atomic E-state index is 0.0459. The molecule has 1 rings (SSSR count). The average Bonchev–Trinajstić information content (AvgIpc) is 2.37. The van der Waals surface area contributed by atoms with Crippen LogP contribution in [0.15, 0.2) is 18.2 Å². The maximum Gasteiger partial charge on any atom is 0.161 e. The summed E-state index contributed by atoms with van der Waals surface area (Å²) in [7, 11) is 1.65. The van der Waals surface area contributed by atoms with Gasteiger partial charge in [0, 0.05) is 6.04 Å². The Balaban J connectivity index is 2.96. The molecular formula is C14H23NO2. The normalized spacial score (nSPS) is 14.2. The molecule has 0 amide bonds. The van der Waals surface area contributed by atoms with E-state index in [1.165, 1.54) is 0 Å². The van der Waals surface area contributed by atoms with Gasteiger partial charge in [-0.15, -0.1) is 0 Å². The maximum atomic E-state index is 6.20. The van der Waals surface area contributed by atoms with Crippen LogP contribution in [0.4, 0.5) is 0 Å². The summed E-state index contributed by atoms with van der Waals surface area (Å²) in [4.78, 5) is 0. The molecule has 0 spiro atoms. The Labute approximate surface area is 104 Å². The van der Waals surface area contributed by atoms with Crippen LogP contribution in [0.1, 0.15) is 38.8 Å². The number of methoxy groups -OCH3 is 1. The standard InChI is InChI=1S/C14H23NO2/c1-5-10(3)14(15)11-7-8-12(17-6-2)13(9-11)16-4/h7-10,14H,5-6,15H2,1-4H3/t10?,14-/m1/s1. The zero-order valence-corrected chi connectivity index (χ0v) is 11.2. The van der Waals surface area contributed by atoms with E-state index in [2.05, 4.69) is 13.8 Å². The molecule has 0 bridgehead atoms. The van der Waals surface area contributed by atoms with E-state index in [9.17, 15) is 0 Å². The number of hydrogen-bond acceptors (Lipinski definition) is 3. The van der Waals surface area contributed by atoms with Crippen LogP contribution in [-0.4, -0.2) is 13.7 Å². The van der Waals surface area contributed by atoms with Crippen molar-refractivity contribution in [2.75, 3.05) is 13.7 Å². The summed E-state index contributed by atoms with van der Waals surface area (Å²) in [6, 6.07) is 5.97. The van der Waals surface area contributed by atoms with Gasteiger partial charge in [-0.1, -0.05) is 26.3 Å². The van der Waals surface area contributed by atoms with Gasteiger partial charge >= 0.3 is 0 Å². The van der Waals surface area contributed by atoms with Crippen molar-refractivity contribution < 1.29 is 9.47 Å². The topological polar surface area (TPSA) is 44.5 Å². The molecule has 0 fully saturated rings. The molecule has 3 nitrogen and oxygen atoms in total. The summed E-state index contributed by atoms with van der Waals surface area (Å²) in [5.74, 6) is 1.98. The van der Waals surface area contributed by atoms with E-state index >= 15 is 0 Å². The van der Waals surface area contributed by atoms with Crippen molar-refractivity contribution in [2.24, 2.45) is 11.7 Å². The predicted molar refractivity (Wildman–Crippen MR) is 70.5 cm³/mol. The van der Waals surface area contributed by atoms with E-state index in [1.54, 1.807) is 7.11 Å². The van der Waals surface area contributed by atoms with Gasteiger partial charge in [-0.05, 0) is 30.5 Å². The second kappa shape index (κ2) is 6.50. The Bertz CT molecular complexity index is 352. The Morgan fingerprint density at radius 1 is 1.24 bits per heavy atom. The first-order valence-electron chi connectivity index (χ1n) is 6.20. The Kier molecular flexibility index (Phi) is 5.29. The summed E-state index contributed by atoms with van der Waals surface area (Å²) in [6.07, 6.45) is 1.07. The smallest absolute Gasteiger partial charge is 0.161 e. The monoisotopic (exact) mass is 237 g/mol. The van der Waals surface area contributed by atoms with Crippen molar-refractivity contribution in [1.82, 2.24) is 0 Å². The lowest BCUT2D eigenvalue weighted by Crippen LogP contribution is -2.18. The van der Waals surface area contributed by atoms with Crippen LogP contribution in [0, 0.1) is 5.92 Å². The van der Waals surface area contributed by atoms with E-state index in [4.69, 9.17) is 15.2 Å². The van der Waals surface area contributed by atoms with Gasteiger partial charge in [0.1, 0.15) is 0 Å². The quantitative estimate of drug-likeness (QED) is 0.826. The predicted octanol–water partition coefficient (Wildman–Crippen LogP) is 3.14. The van der Waals surface area contributed by atoms with Crippen molar-refractivity contribution in [2.45, 2.75) is 33.2 Å². The highest BCUT2D eigenvalue weighted by atomic mass is 16.5. The lowest BCUT2D eigenvalue weighted by molar-refractivity contribution is 0.310. The zero-order chi connectivity index (χ0) is 12.8. The fourth-order valence-corrected chi connectivity index (χ4v) is 1.75. The average molecular weight is 237 g/mol. The molecule has 0 aromatic heterocycles. The van der Waals surface area contributed by atoms with Gasteiger partial charge < -0.3 is 15.2 Å². The lowest BCUT2D eigenvalue weighted by Gasteiger charge is -2.20. The van der Waals surface area contributed by atoms with Gasteiger partial charge in [-0.25, -0.2) is 0 Å². The van der Waals surface area contributed by atoms with Gasteiger partial charge in [0.25, 0.3) is 0 Å². The SMILES string of the molecule is CCOc1ccc([C@H](N)C(C)CC)cc1OC. The van der Waals surface area contributed by atoms with Crippen LogP contribution < -0.4 is 15.2 Å². The van der Waals surface area contributed by atoms with Gasteiger partial charge in [-0.2, -0.15) is 0 Å². The summed E-state index contributed by atoms with van der Waals surface area (Å²) in [6.45, 7) is 6.90. The number of ether oxygens (including phenoxy) is 2. The molecule has 0 aliphatic rings. The third-order valence-electron chi connectivity index (χ3n) is 3.13. The molecule has 1 aromatic carbocycles. The van der Waals surface area contributed by atoms with Gasteiger partial charge in [0.05, 0.1) is 13.7 Å². The number of rotatable bonds is 6. The molecule has 2 atom stereocenters. The van der Waals surface area contributed by atoms with E-state index in [-0.39, 0.29) is 6.04 Å². The van der Waals surface area contributed by atoms with Crippen LogP contribution in [0.3, 0.4) is 0 Å². The summed E-state index contributed by atoms with van der Waals surface area (Å²) < 4.78 is 10.8. The van der Waals surface area contributed by atoms with Crippen molar-refractivity contribution in [3.63, 3.8) is 0 Å². The Hall–Kier alpha value is -1.22. The molecule has 17 heavy (non-hydrogen) atoms. The van der Waals surface area contributed by atoms with Crippen LogP contribution in [0.25, 0.3) is 0 Å². The molecule has 0 aliphatic carbocycles. The first kappa shape index (κ1) is 13.8. The molecule has 0 heterocycles. The molecule has 0 saturated heterocycles. The highest BCUT2D eigenvalue weighted by molar-refractivity contribution is 5.43. The molecule has 0 radical (unpaired) electrons. The molecule has 3 heteroatoms. The fourth-order valence-electron chi connectivity index (χ4n) is 1.75. The van der Waals surface area contributed by atoms with E-state index in [1.807, 2.05) is 25.1 Å². The van der Waals surface area contributed by atoms with Crippen molar-refractivity contribution >= 4 is 0 Å². The largest absolute Gasteiger partial charge is 0.493 e. The van der Waals surface area contributed by atoms with Gasteiger partial charge in [-0.3, -0.25) is 0 Å². The minimum absolute atomic E-state index is 0.0459. The Morgan fingerprint density at radius 3 is 2.47 bits per heavy atom. The Morgan fingerprint density at radius 2 is 1.94 bits per heavy atom. The molecule has 96 valence electrons. The lowest BCUT2D eigenvalue weighted by atomic mass is 9.93. The van der Waals surface area contributed by atoms with Crippen LogP contribution in [0.5, 0.6) is 11.5 Å². The summed E-state index contributed by atoms with van der Waals surface area (Å²) in [5.41, 5.74) is 7.30. The van der Waals surface area contributed by atoms with Crippen LogP contribution in [0.2, 0.25) is 0 Å². The zero-order valence-electron chi connectivity index (χ0n) is 11.2. The first-order valence-corrected chi connectivity index (χ1v) is 6.20. The third-order valence-corrected chi connectivity index (χ3v) is 3.13. The van der Waals surface area contributed by atoms with E-state index < -0.39 is 0 Å². The number of hydrogen-bond donors (Lipinski definition) is 1.